The maximum absolute atomic E-state index is 13.3. The molecular formula is C102H112N8O22P4S2. The smallest absolute Gasteiger partial charge is 0.440 e. The number of rotatable bonds is 41. The van der Waals surface area contributed by atoms with Crippen LogP contribution in [-0.4, -0.2) is 102 Å². The number of amides is 4. The molecule has 36 heteroatoms. The van der Waals surface area contributed by atoms with Crippen LogP contribution >= 0.6 is 54.0 Å². The summed E-state index contributed by atoms with van der Waals surface area (Å²) in [4.78, 5) is 144. The van der Waals surface area contributed by atoms with Gasteiger partial charge in [-0.1, -0.05) is 268 Å². The number of nitrogens with zero attached hydrogens (tertiary/aromatic N) is 4. The number of hydrogen-bond acceptors (Lipinski definition) is 20. The van der Waals surface area contributed by atoms with Crippen LogP contribution in [0.25, 0.3) is 54.8 Å². The van der Waals surface area contributed by atoms with E-state index in [1.807, 2.05) is 127 Å². The molecular weight excluding hydrogens is 1880 g/mol. The van der Waals surface area contributed by atoms with Gasteiger partial charge >= 0.3 is 31.3 Å². The van der Waals surface area contributed by atoms with Crippen molar-refractivity contribution in [3.8, 4) is 67.0 Å². The summed E-state index contributed by atoms with van der Waals surface area (Å²) in [6, 6.07) is 76.0. The van der Waals surface area contributed by atoms with Crippen molar-refractivity contribution in [3.63, 3.8) is 0 Å². The van der Waals surface area contributed by atoms with Crippen LogP contribution in [0.4, 0.5) is 5.69 Å². The zero-order chi connectivity index (χ0) is 98.0. The fourth-order valence-electron chi connectivity index (χ4n) is 15.2. The molecule has 1 aliphatic rings. The van der Waals surface area contributed by atoms with Crippen molar-refractivity contribution in [3.05, 3.63) is 327 Å². The number of unbranched alkanes of at least 4 members (excludes halogenated alkanes) is 9. The summed E-state index contributed by atoms with van der Waals surface area (Å²) >= 11 is 2.95. The number of phosphoric acid groups is 4. The summed E-state index contributed by atoms with van der Waals surface area (Å²) in [6.45, 7) is 8.23. The molecule has 4 heterocycles. The Morgan fingerprint density at radius 1 is 0.355 bits per heavy atom. The molecule has 0 bridgehead atoms. The molecule has 724 valence electrons. The van der Waals surface area contributed by atoms with Gasteiger partial charge in [0.15, 0.2) is 11.4 Å². The molecule has 1 fully saturated rings. The van der Waals surface area contributed by atoms with Gasteiger partial charge in [-0.3, -0.25) is 58.3 Å². The summed E-state index contributed by atoms with van der Waals surface area (Å²) in [6.07, 6.45) is 20.5. The van der Waals surface area contributed by atoms with E-state index >= 15 is 0 Å². The Hall–Kier alpha value is -12.2. The lowest BCUT2D eigenvalue weighted by molar-refractivity contribution is 0.0939. The van der Waals surface area contributed by atoms with Crippen LogP contribution in [0.5, 0.6) is 23.0 Å². The maximum Gasteiger partial charge on any atom is 0.524 e. The number of nitrogens with one attached hydrogen (secondary N) is 4. The predicted octanol–water partition coefficient (Wildman–Crippen LogP) is 22.9. The first kappa shape index (κ1) is 105. The van der Waals surface area contributed by atoms with Crippen LogP contribution < -0.4 is 39.4 Å². The van der Waals surface area contributed by atoms with Crippen molar-refractivity contribution in [1.82, 2.24) is 35.9 Å². The van der Waals surface area contributed by atoms with Gasteiger partial charge in [0, 0.05) is 83.0 Å². The minimum atomic E-state index is -4.65. The summed E-state index contributed by atoms with van der Waals surface area (Å²) in [5, 5.41) is 15.6. The number of hydrogen-bond donors (Lipinski definition) is 12. The molecule has 4 amide bonds. The van der Waals surface area contributed by atoms with Gasteiger partial charge in [0.1, 0.15) is 55.9 Å². The molecule has 0 spiro atoms. The fourth-order valence-corrected chi connectivity index (χ4v) is 19.0. The Morgan fingerprint density at radius 2 is 0.703 bits per heavy atom. The number of carbonyl (C=O) groups is 4. The second kappa shape index (κ2) is 51.5. The molecule has 12 N–H and O–H groups in total. The molecule has 14 aromatic rings. The van der Waals surface area contributed by atoms with Crippen LogP contribution in [0.2, 0.25) is 0 Å². The Labute approximate surface area is 808 Å². The Morgan fingerprint density at radius 3 is 1.10 bits per heavy atom. The number of fused-ring (bicyclic) bond motifs is 1. The molecule has 0 saturated heterocycles. The van der Waals surface area contributed by atoms with E-state index in [0.717, 1.165) is 152 Å². The summed E-state index contributed by atoms with van der Waals surface area (Å²) in [7, 11) is -18.5. The summed E-state index contributed by atoms with van der Waals surface area (Å²) in [5.41, 5.74) is 9.95. The zero-order valence-electron chi connectivity index (χ0n) is 76.5. The summed E-state index contributed by atoms with van der Waals surface area (Å²) < 4.78 is 74.6. The SMILES string of the molecule is CCCCCCNC(=O)c1nc(-c2cccc3ccccc23)sc1Cc1ccc(OP(=O)(O)O)cc1.CCCCCCNC(=O)c1nc(-c2ccccc2)oc1Cc1ccc(OP(=O)(O)O)cc1.CCCCCCNC(=O)c1nc(-c2ccccc2)sc1Cc1ccc(OP(=O)(O)O)cc1.O=C(Nc1ccc(C2CCCCC2)cc1)c1nc(-c2ccccc2)oc1Cc1ccc(OP(=O)(O)O)cc1. The van der Waals surface area contributed by atoms with Gasteiger partial charge in [-0.15, -0.1) is 22.7 Å². The second-order valence-corrected chi connectivity index (χ2v) is 39.6. The Kier molecular flexibility index (Phi) is 39.1. The number of aromatic nitrogens is 4. The first-order valence-electron chi connectivity index (χ1n) is 45.6. The van der Waals surface area contributed by atoms with E-state index < -0.39 is 31.3 Å². The standard InChI is InChI=1S/C29H29N2O6P.C27H29N2O5PS.C23H27N2O6P.C23H27N2O5PS/c32-28(30-24-15-13-22(14-16-24)21-7-3-1-4-8-21)27-26(36-29(31-27)23-9-5-2-6-10-23)19-20-11-17-25(18-12-20)37-38(33,34)35;1-2-3-4-7-17-28-26(30)25-24(18-19-13-15-21(16-14-19)34-35(31,32)33)36-27(29-25)23-12-8-10-20-9-5-6-11-22(20)23;1-2-3-4-8-15-24-22(26)21-20(30-23(25-21)18-9-6-5-7-10-18)16-17-11-13-19(14-12-17)31-32(27,28)29;1-2-3-4-8-15-24-22(26)21-20(32-23(25-21)18-9-6-5-7-10-18)16-17-11-13-19(14-12-17)30-31(27,28)29/h2,5-6,9-18,21H,1,3-4,7-8,19H2,(H,30,32)(H2,33,34,35);5-6,8-16H,2-4,7,17-18H2,1H3,(H,28,30)(H2,31,32,33);2*5-7,9-14H,2-4,8,15-16H2,1H3,(H,24,26)(H2,27,28,29). The van der Waals surface area contributed by atoms with Crippen molar-refractivity contribution < 1.29 is 104 Å². The number of thiazole rings is 2. The molecule has 0 radical (unpaired) electrons. The third-order valence-electron chi connectivity index (χ3n) is 22.0. The average molecular weight is 1990 g/mol. The molecule has 10 aromatic carbocycles. The third kappa shape index (κ3) is 33.6. The van der Waals surface area contributed by atoms with Crippen molar-refractivity contribution in [1.29, 1.82) is 0 Å². The first-order chi connectivity index (χ1) is 66.4. The van der Waals surface area contributed by atoms with E-state index in [0.29, 0.717) is 78.8 Å². The topological polar surface area (TPSA) is 461 Å². The van der Waals surface area contributed by atoms with E-state index in [4.69, 9.17) is 53.0 Å². The number of phosphoric ester groups is 4. The quantitative estimate of drug-likeness (QED) is 0.0125. The molecule has 0 aliphatic heterocycles. The monoisotopic (exact) mass is 1990 g/mol. The summed E-state index contributed by atoms with van der Waals surface area (Å²) in [5.74, 6) is 1.29. The number of anilines is 1. The minimum Gasteiger partial charge on any atom is -0.440 e. The highest BCUT2D eigenvalue weighted by molar-refractivity contribution is 7.47. The molecule has 4 aromatic heterocycles. The number of carbonyl (C=O) groups excluding carboxylic acids is 4. The lowest BCUT2D eigenvalue weighted by Crippen LogP contribution is -2.25. The zero-order valence-corrected chi connectivity index (χ0v) is 81.7. The predicted molar refractivity (Wildman–Crippen MR) is 534 cm³/mol. The van der Waals surface area contributed by atoms with E-state index in [1.165, 1.54) is 109 Å². The molecule has 0 atom stereocenters. The van der Waals surface area contributed by atoms with E-state index in [9.17, 15) is 37.4 Å². The van der Waals surface area contributed by atoms with Crippen LogP contribution in [0.15, 0.2) is 264 Å². The van der Waals surface area contributed by atoms with Gasteiger partial charge in [0.2, 0.25) is 11.8 Å². The van der Waals surface area contributed by atoms with Crippen LogP contribution in [0.1, 0.15) is 227 Å². The Balaban J connectivity index is 0.000000165. The van der Waals surface area contributed by atoms with Gasteiger partial charge in [-0.25, -0.2) is 38.2 Å². The number of benzene rings is 10. The lowest BCUT2D eigenvalue weighted by atomic mass is 9.84. The van der Waals surface area contributed by atoms with Crippen molar-refractivity contribution in [2.45, 2.75) is 162 Å². The van der Waals surface area contributed by atoms with Gasteiger partial charge in [-0.2, -0.15) is 0 Å². The highest BCUT2D eigenvalue weighted by atomic mass is 32.1. The molecule has 1 saturated carbocycles. The highest BCUT2D eigenvalue weighted by Gasteiger charge is 2.29. The first-order valence-corrected chi connectivity index (χ1v) is 53.4. The van der Waals surface area contributed by atoms with Gasteiger partial charge in [-0.05, 0) is 162 Å². The van der Waals surface area contributed by atoms with Gasteiger partial charge in [0.25, 0.3) is 23.6 Å². The van der Waals surface area contributed by atoms with Crippen LogP contribution in [-0.2, 0) is 43.9 Å². The largest absolute Gasteiger partial charge is 0.524 e. The lowest BCUT2D eigenvalue weighted by Gasteiger charge is -2.22. The third-order valence-corrected chi connectivity index (χ3v) is 26.0. The number of oxazole rings is 2. The van der Waals surface area contributed by atoms with E-state index in [-0.39, 0.29) is 70.9 Å². The highest BCUT2D eigenvalue weighted by Crippen LogP contribution is 2.44. The Bertz CT molecular complexity index is 6310. The fraction of sp³-hybridized carbons (Fsp3) is 0.275. The molecule has 0 unspecified atom stereocenters. The normalized spacial score (nSPS) is 12.2. The minimum absolute atomic E-state index is 0.0410. The van der Waals surface area contributed by atoms with Crippen LogP contribution in [0, 0.1) is 0 Å². The van der Waals surface area contributed by atoms with Crippen LogP contribution in [0.3, 0.4) is 0 Å². The van der Waals surface area contributed by atoms with Crippen molar-refractivity contribution in [2.75, 3.05) is 25.0 Å². The van der Waals surface area contributed by atoms with Gasteiger partial charge in [0.05, 0.1) is 0 Å². The molecule has 1 aliphatic carbocycles. The van der Waals surface area contributed by atoms with Gasteiger partial charge < -0.3 is 48.2 Å². The molecule has 30 nitrogen and oxygen atoms in total. The molecule has 15 rings (SSSR count). The molecule has 138 heavy (non-hydrogen) atoms. The van der Waals surface area contributed by atoms with Crippen molar-refractivity contribution in [2.24, 2.45) is 0 Å². The van der Waals surface area contributed by atoms with E-state index in [1.54, 1.807) is 48.5 Å². The van der Waals surface area contributed by atoms with E-state index in [2.05, 4.69) is 105 Å². The van der Waals surface area contributed by atoms with Crippen molar-refractivity contribution >= 4 is 94.1 Å². The maximum atomic E-state index is 13.3. The average Bonchev–Trinajstić information content (AvgIpc) is 1.67. The second-order valence-electron chi connectivity index (χ2n) is 32.8.